The SMILES string of the molecule is O.O.O.O.O.O.O=[N+]([O-])O.O=[N+]([O-])O.O=[N+]([O-])O.[Ho]. The fourth-order valence-corrected chi connectivity index (χ4v) is 0. The van der Waals surface area contributed by atoms with E-state index < -0.39 is 15.3 Å². The Kier molecular flexibility index (Phi) is 308. The second-order valence-corrected chi connectivity index (χ2v) is 0.714. The van der Waals surface area contributed by atoms with Crippen molar-refractivity contribution < 1.29 is 101 Å². The van der Waals surface area contributed by atoms with Gasteiger partial charge >= 0.3 is 0 Å². The molecule has 0 fully saturated rings. The zero-order valence-corrected chi connectivity index (χ0v) is 10.4. The maximum Gasteiger partial charge on any atom is 0.291 e. The summed E-state index contributed by atoms with van der Waals surface area (Å²) in [6, 6.07) is 0. The first kappa shape index (κ1) is 83.8. The van der Waals surface area contributed by atoms with Gasteiger partial charge in [-0.1, -0.05) is 0 Å². The Morgan fingerprint density at radius 2 is 0.526 bits per heavy atom. The topological polar surface area (TPSA) is 379 Å². The zero-order chi connectivity index (χ0) is 10.7. The average molecular weight is 462 g/mol. The summed E-state index contributed by atoms with van der Waals surface area (Å²) in [4.78, 5) is 25.1. The standard InChI is InChI=1S/Ho.3HNO3.6H2O/c;3*2-1(3)4;;;;;;/h;3*(H,2,3,4);6*1H2. The molecule has 18 nitrogen and oxygen atoms in total. The normalized spacial score (nSPS) is 3.79. The smallest absolute Gasteiger partial charge is 0.291 e. The van der Waals surface area contributed by atoms with Gasteiger partial charge < -0.3 is 48.5 Å². The Morgan fingerprint density at radius 1 is 0.526 bits per heavy atom. The number of hydrogen-bond acceptors (Lipinski definition) is 6. The van der Waals surface area contributed by atoms with E-state index >= 15 is 0 Å². The second-order valence-electron chi connectivity index (χ2n) is 0.714. The maximum absolute atomic E-state index is 8.36. The van der Waals surface area contributed by atoms with Crippen LogP contribution in [-0.4, -0.2) is 63.7 Å². The van der Waals surface area contributed by atoms with E-state index in [1.165, 1.54) is 0 Å². The summed E-state index contributed by atoms with van der Waals surface area (Å²) in [5.74, 6) is 0. The molecule has 0 amide bonds. The van der Waals surface area contributed by atoms with E-state index in [0.29, 0.717) is 0 Å². The fourth-order valence-electron chi connectivity index (χ4n) is 0. The van der Waals surface area contributed by atoms with Gasteiger partial charge in [0.15, 0.2) is 0 Å². The molecule has 15 N–H and O–H groups in total. The van der Waals surface area contributed by atoms with Crippen LogP contribution in [0.25, 0.3) is 0 Å². The summed E-state index contributed by atoms with van der Waals surface area (Å²) < 4.78 is 0. The van der Waals surface area contributed by atoms with Gasteiger partial charge in [-0.3, -0.25) is 0 Å². The van der Waals surface area contributed by atoms with Crippen LogP contribution in [0.2, 0.25) is 0 Å². The van der Waals surface area contributed by atoms with E-state index in [0.717, 1.165) is 0 Å². The molecule has 0 saturated carbocycles. The first-order valence-electron chi connectivity index (χ1n) is 1.70. The molecule has 0 saturated heterocycles. The third-order valence-electron chi connectivity index (χ3n) is 0. The molecule has 0 aliphatic carbocycles. The molecule has 0 aliphatic rings. The summed E-state index contributed by atoms with van der Waals surface area (Å²) in [6.07, 6.45) is 0. The van der Waals surface area contributed by atoms with Gasteiger partial charge in [0.2, 0.25) is 0 Å². The van der Waals surface area contributed by atoms with Crippen LogP contribution in [0, 0.1) is 68.1 Å². The first-order chi connectivity index (χ1) is 5.20. The van der Waals surface area contributed by atoms with Crippen LogP contribution in [0.4, 0.5) is 0 Å². The maximum atomic E-state index is 8.36. The van der Waals surface area contributed by atoms with Crippen LogP contribution in [0.15, 0.2) is 0 Å². The minimum atomic E-state index is -1.50. The molecule has 1 radical (unpaired) electrons. The summed E-state index contributed by atoms with van der Waals surface area (Å²) in [5, 5.41) is 40.9. The van der Waals surface area contributed by atoms with Crippen molar-refractivity contribution in [2.24, 2.45) is 0 Å². The van der Waals surface area contributed by atoms with Gasteiger partial charge in [0.1, 0.15) is 0 Å². The van der Waals surface area contributed by atoms with Crippen LogP contribution < -0.4 is 0 Å². The molecule has 0 atom stereocenters. The second kappa shape index (κ2) is 69.8. The van der Waals surface area contributed by atoms with Gasteiger partial charge in [-0.15, -0.1) is 30.3 Å². The van der Waals surface area contributed by atoms with Crippen LogP contribution >= 0.6 is 0 Å². The van der Waals surface area contributed by atoms with Gasteiger partial charge in [-0.05, 0) is 0 Å². The molecule has 19 heavy (non-hydrogen) atoms. The van der Waals surface area contributed by atoms with Gasteiger partial charge in [0.05, 0.1) is 0 Å². The quantitative estimate of drug-likeness (QED) is 0.175. The van der Waals surface area contributed by atoms with Crippen molar-refractivity contribution in [3.8, 4) is 0 Å². The Hall–Kier alpha value is -1.38. The van der Waals surface area contributed by atoms with Crippen LogP contribution in [-0.2, 0) is 0 Å². The summed E-state index contributed by atoms with van der Waals surface area (Å²) in [5.41, 5.74) is 0. The van der Waals surface area contributed by atoms with E-state index in [9.17, 15) is 0 Å². The van der Waals surface area contributed by atoms with Crippen LogP contribution in [0.1, 0.15) is 0 Å². The fraction of sp³-hybridized carbons (Fsp3) is 0. The van der Waals surface area contributed by atoms with Gasteiger partial charge in [-0.2, -0.15) is 0 Å². The zero-order valence-electron chi connectivity index (χ0n) is 8.43. The number of rotatable bonds is 0. The molecule has 0 aromatic heterocycles. The third-order valence-corrected chi connectivity index (χ3v) is 0. The molecule has 19 heteroatoms. The van der Waals surface area contributed by atoms with Crippen molar-refractivity contribution in [3.05, 3.63) is 30.3 Å². The predicted molar refractivity (Wildman–Crippen MR) is 48.0 cm³/mol. The monoisotopic (exact) mass is 462 g/mol. The van der Waals surface area contributed by atoms with Crippen LogP contribution in [0.5, 0.6) is 0 Å². The molecule has 0 unspecified atom stereocenters. The molecule has 0 aromatic rings. The molecule has 131 valence electrons. The van der Waals surface area contributed by atoms with Crippen molar-refractivity contribution in [2.45, 2.75) is 0 Å². The third kappa shape index (κ3) is 1860. The van der Waals surface area contributed by atoms with Gasteiger partial charge in [-0.25, -0.2) is 0 Å². The predicted octanol–water partition coefficient (Wildman–Crippen LogP) is -5.99. The summed E-state index contributed by atoms with van der Waals surface area (Å²) in [7, 11) is 0. The van der Waals surface area contributed by atoms with E-state index in [2.05, 4.69) is 0 Å². The molecule has 0 aromatic carbocycles. The van der Waals surface area contributed by atoms with Crippen molar-refractivity contribution in [1.82, 2.24) is 0 Å². The van der Waals surface area contributed by atoms with Crippen molar-refractivity contribution in [3.63, 3.8) is 0 Å². The Bertz CT molecular complexity index is 115. The Morgan fingerprint density at radius 3 is 0.526 bits per heavy atom. The number of hydrogen-bond donors (Lipinski definition) is 3. The Balaban J connectivity index is -0.00000000675. The molecule has 0 bridgehead atoms. The molecule has 0 aliphatic heterocycles. The first-order valence-corrected chi connectivity index (χ1v) is 1.70. The summed E-state index contributed by atoms with van der Waals surface area (Å²) in [6.45, 7) is 0. The van der Waals surface area contributed by atoms with E-state index in [1.807, 2.05) is 0 Å². The van der Waals surface area contributed by atoms with Crippen molar-refractivity contribution in [1.29, 1.82) is 0 Å². The minimum absolute atomic E-state index is 0. The molecule has 0 spiro atoms. The van der Waals surface area contributed by atoms with Crippen LogP contribution in [0.3, 0.4) is 0 Å². The average Bonchev–Trinajstić information content (AvgIpc) is 1.54. The van der Waals surface area contributed by atoms with Crippen molar-refractivity contribution >= 4 is 0 Å². The molecular weight excluding hydrogens is 447 g/mol. The van der Waals surface area contributed by atoms with E-state index in [1.54, 1.807) is 0 Å². The van der Waals surface area contributed by atoms with Gasteiger partial charge in [0.25, 0.3) is 15.3 Å². The van der Waals surface area contributed by atoms with Crippen molar-refractivity contribution in [2.75, 3.05) is 0 Å². The van der Waals surface area contributed by atoms with E-state index in [-0.39, 0.29) is 70.6 Å². The largest absolute Gasteiger partial charge is 0.412 e. The van der Waals surface area contributed by atoms with Gasteiger partial charge in [0, 0.05) is 37.7 Å². The molecule has 0 rings (SSSR count). The Labute approximate surface area is 132 Å². The minimum Gasteiger partial charge on any atom is -0.412 e. The van der Waals surface area contributed by atoms with E-state index in [4.69, 9.17) is 46.0 Å². The summed E-state index contributed by atoms with van der Waals surface area (Å²) >= 11 is 0. The number of nitrogens with zero attached hydrogens (tertiary/aromatic N) is 3. The molecule has 0 heterocycles. The molecular formula is H15HoN3O15.